The normalized spacial score (nSPS) is 16.8. The molecule has 21 heavy (non-hydrogen) atoms. The quantitative estimate of drug-likeness (QED) is 0.396. The minimum absolute atomic E-state index is 0.0460. The second kappa shape index (κ2) is 5.35. The molecule has 0 radical (unpaired) electrons. The Hall–Kier alpha value is -2.70. The van der Waals surface area contributed by atoms with Gasteiger partial charge in [0.15, 0.2) is 11.9 Å². The van der Waals surface area contributed by atoms with Crippen LogP contribution >= 0.6 is 0 Å². The Morgan fingerprint density at radius 3 is 2.38 bits per heavy atom. The van der Waals surface area contributed by atoms with Crippen molar-refractivity contribution in [3.63, 3.8) is 0 Å². The highest BCUT2D eigenvalue weighted by Gasteiger charge is 2.38. The molecule has 1 saturated heterocycles. The maximum atomic E-state index is 13.0. The number of esters is 2. The smallest absolute Gasteiger partial charge is 0.350 e. The summed E-state index contributed by atoms with van der Waals surface area (Å²) in [4.78, 5) is 34.2. The summed E-state index contributed by atoms with van der Waals surface area (Å²) >= 11 is 0. The molecule has 0 aromatic heterocycles. The molecule has 0 amide bonds. The second-order valence-corrected chi connectivity index (χ2v) is 4.73. The lowest BCUT2D eigenvalue weighted by atomic mass is 10.2. The Morgan fingerprint density at radius 2 is 1.81 bits per heavy atom. The number of anilines is 1. The first-order valence-corrected chi connectivity index (χ1v) is 6.00. The lowest BCUT2D eigenvalue weighted by molar-refractivity contribution is -0.222. The number of benzene rings is 1. The van der Waals surface area contributed by atoms with Gasteiger partial charge in [-0.2, -0.15) is 0 Å². The summed E-state index contributed by atoms with van der Waals surface area (Å²) in [5.41, 5.74) is -0.0652. The molecule has 0 aliphatic carbocycles. The van der Waals surface area contributed by atoms with Gasteiger partial charge in [-0.25, -0.2) is 14.0 Å². The molecule has 1 aromatic rings. The number of rotatable bonds is 3. The van der Waals surface area contributed by atoms with Crippen LogP contribution in [0.15, 0.2) is 30.0 Å². The van der Waals surface area contributed by atoms with Gasteiger partial charge >= 0.3 is 11.9 Å². The van der Waals surface area contributed by atoms with Crippen LogP contribution in [0.4, 0.5) is 10.1 Å². The number of hydrogen-bond donors (Lipinski definition) is 1. The van der Waals surface area contributed by atoms with E-state index in [0.717, 1.165) is 18.3 Å². The fraction of sp³-hybridized carbons (Fsp3) is 0.214. The molecule has 1 heterocycles. The number of carbonyl (C=O) groups is 3. The van der Waals surface area contributed by atoms with Crippen molar-refractivity contribution < 1.29 is 28.2 Å². The van der Waals surface area contributed by atoms with Gasteiger partial charge in [0.1, 0.15) is 5.82 Å². The molecule has 2 rings (SSSR count). The molecule has 1 aliphatic rings. The molecule has 0 spiro atoms. The van der Waals surface area contributed by atoms with E-state index in [1.807, 2.05) is 0 Å². The zero-order valence-electron chi connectivity index (χ0n) is 11.3. The second-order valence-electron chi connectivity index (χ2n) is 4.73. The SMILES string of the molecule is CC1(C)OC(=O)C(=CNc2ccc(F)cc2C=O)C(=O)O1. The van der Waals surface area contributed by atoms with Gasteiger partial charge in [0, 0.05) is 31.3 Å². The fourth-order valence-corrected chi connectivity index (χ4v) is 1.69. The Kier molecular flexibility index (Phi) is 3.75. The van der Waals surface area contributed by atoms with Crippen LogP contribution in [0.2, 0.25) is 0 Å². The molecule has 0 bridgehead atoms. The number of cyclic esters (lactones) is 2. The van der Waals surface area contributed by atoms with E-state index in [1.54, 1.807) is 0 Å². The Morgan fingerprint density at radius 1 is 1.19 bits per heavy atom. The zero-order valence-corrected chi connectivity index (χ0v) is 11.3. The summed E-state index contributed by atoms with van der Waals surface area (Å²) in [5.74, 6) is -3.60. The highest BCUT2D eigenvalue weighted by molar-refractivity contribution is 6.15. The first-order valence-electron chi connectivity index (χ1n) is 6.00. The van der Waals surface area contributed by atoms with E-state index < -0.39 is 23.5 Å². The fourth-order valence-electron chi connectivity index (χ4n) is 1.69. The lowest BCUT2D eigenvalue weighted by Crippen LogP contribution is -2.42. The van der Waals surface area contributed by atoms with Gasteiger partial charge in [-0.3, -0.25) is 4.79 Å². The molecule has 6 nitrogen and oxygen atoms in total. The predicted octanol–water partition coefficient (Wildman–Crippen LogP) is 1.77. The summed E-state index contributed by atoms with van der Waals surface area (Å²) in [6, 6.07) is 3.46. The van der Waals surface area contributed by atoms with Crippen molar-refractivity contribution in [3.8, 4) is 0 Å². The monoisotopic (exact) mass is 293 g/mol. The molecule has 1 fully saturated rings. The molecule has 110 valence electrons. The van der Waals surface area contributed by atoms with E-state index in [9.17, 15) is 18.8 Å². The largest absolute Gasteiger partial charge is 0.419 e. The van der Waals surface area contributed by atoms with Gasteiger partial charge in [-0.15, -0.1) is 0 Å². The van der Waals surface area contributed by atoms with Gasteiger partial charge in [-0.1, -0.05) is 0 Å². The first kappa shape index (κ1) is 14.7. The molecule has 0 atom stereocenters. The number of ether oxygens (including phenoxy) is 2. The summed E-state index contributed by atoms with van der Waals surface area (Å²) < 4.78 is 22.8. The van der Waals surface area contributed by atoms with Crippen LogP contribution in [-0.2, 0) is 19.1 Å². The Balaban J connectivity index is 2.24. The van der Waals surface area contributed by atoms with E-state index in [4.69, 9.17) is 9.47 Å². The summed E-state index contributed by atoms with van der Waals surface area (Å²) in [6.45, 7) is 2.86. The van der Waals surface area contributed by atoms with E-state index in [-0.39, 0.29) is 16.8 Å². The van der Waals surface area contributed by atoms with Gasteiger partial charge in [0.2, 0.25) is 0 Å². The standard InChI is InChI=1S/C14H12FNO5/c1-14(2)20-12(18)10(13(19)21-14)6-16-11-4-3-9(15)5-8(11)7-17/h3-7,16H,1-2H3. The minimum atomic E-state index is -1.32. The third-order valence-electron chi connectivity index (χ3n) is 2.63. The third-order valence-corrected chi connectivity index (χ3v) is 2.63. The molecule has 0 saturated carbocycles. The van der Waals surface area contributed by atoms with Crippen molar-refractivity contribution >= 4 is 23.9 Å². The molecule has 7 heteroatoms. The van der Waals surface area contributed by atoms with E-state index in [1.165, 1.54) is 19.9 Å². The molecule has 1 aliphatic heterocycles. The minimum Gasteiger partial charge on any atom is -0.419 e. The number of hydrogen-bond acceptors (Lipinski definition) is 6. The Labute approximate surface area is 119 Å². The van der Waals surface area contributed by atoms with Crippen LogP contribution in [0.5, 0.6) is 0 Å². The van der Waals surface area contributed by atoms with Crippen molar-refractivity contribution in [2.45, 2.75) is 19.6 Å². The average Bonchev–Trinajstić information content (AvgIpc) is 2.37. The van der Waals surface area contributed by atoms with Crippen LogP contribution in [0, 0.1) is 5.82 Å². The van der Waals surface area contributed by atoms with Crippen LogP contribution < -0.4 is 5.32 Å². The van der Waals surface area contributed by atoms with Crippen LogP contribution in [0.1, 0.15) is 24.2 Å². The number of carbonyl (C=O) groups excluding carboxylic acids is 3. The molecule has 1 N–H and O–H groups in total. The van der Waals surface area contributed by atoms with Gasteiger partial charge in [-0.05, 0) is 18.2 Å². The van der Waals surface area contributed by atoms with Gasteiger partial charge < -0.3 is 14.8 Å². The van der Waals surface area contributed by atoms with Crippen molar-refractivity contribution in [1.29, 1.82) is 0 Å². The van der Waals surface area contributed by atoms with E-state index in [0.29, 0.717) is 6.29 Å². The number of halogens is 1. The van der Waals surface area contributed by atoms with Crippen LogP contribution in [-0.4, -0.2) is 24.0 Å². The van der Waals surface area contributed by atoms with E-state index >= 15 is 0 Å². The van der Waals surface area contributed by atoms with Crippen molar-refractivity contribution in [1.82, 2.24) is 0 Å². The third kappa shape index (κ3) is 3.25. The molecular formula is C14H12FNO5. The lowest BCUT2D eigenvalue weighted by Gasteiger charge is -2.29. The molecule has 1 aromatic carbocycles. The van der Waals surface area contributed by atoms with Crippen LogP contribution in [0.3, 0.4) is 0 Å². The maximum Gasteiger partial charge on any atom is 0.350 e. The van der Waals surface area contributed by atoms with Crippen molar-refractivity contribution in [3.05, 3.63) is 41.4 Å². The predicted molar refractivity (Wildman–Crippen MR) is 69.8 cm³/mol. The summed E-state index contributed by atoms with van der Waals surface area (Å²) in [6.07, 6.45) is 1.50. The topological polar surface area (TPSA) is 81.7 Å². The van der Waals surface area contributed by atoms with Crippen LogP contribution in [0.25, 0.3) is 0 Å². The number of nitrogens with one attached hydrogen (secondary N) is 1. The summed E-state index contributed by atoms with van der Waals surface area (Å²) in [7, 11) is 0. The molecule has 0 unspecified atom stereocenters. The Bertz CT molecular complexity index is 629. The van der Waals surface area contributed by atoms with Gasteiger partial charge in [0.05, 0.1) is 0 Å². The average molecular weight is 293 g/mol. The highest BCUT2D eigenvalue weighted by atomic mass is 19.1. The first-order chi connectivity index (χ1) is 9.82. The van der Waals surface area contributed by atoms with Gasteiger partial charge in [0.25, 0.3) is 5.79 Å². The van der Waals surface area contributed by atoms with E-state index in [2.05, 4.69) is 5.32 Å². The maximum absolute atomic E-state index is 13.0. The van der Waals surface area contributed by atoms with Crippen molar-refractivity contribution in [2.24, 2.45) is 0 Å². The van der Waals surface area contributed by atoms with Crippen molar-refractivity contribution in [2.75, 3.05) is 5.32 Å². The highest BCUT2D eigenvalue weighted by Crippen LogP contribution is 2.23. The molecular weight excluding hydrogens is 281 g/mol. The number of aldehydes is 1. The summed E-state index contributed by atoms with van der Waals surface area (Å²) in [5, 5.41) is 2.59. The zero-order chi connectivity index (χ0) is 15.6.